The Balaban J connectivity index is 2.12. The summed E-state index contributed by atoms with van der Waals surface area (Å²) in [6, 6.07) is -1.02. The van der Waals surface area contributed by atoms with Gasteiger partial charge in [-0.25, -0.2) is 24.8 Å². The van der Waals surface area contributed by atoms with Crippen LogP contribution in [0.5, 0.6) is 0 Å². The van der Waals surface area contributed by atoms with Crippen molar-refractivity contribution in [3.05, 3.63) is 31.3 Å². The third-order valence-electron chi connectivity index (χ3n) is 6.08. The van der Waals surface area contributed by atoms with Crippen LogP contribution in [0, 0.1) is 6.92 Å². The summed E-state index contributed by atoms with van der Waals surface area (Å²) < 4.78 is 46.4. The second-order valence-corrected chi connectivity index (χ2v) is 11.0. The Bertz CT molecular complexity index is 1300. The average molecular weight is 534 g/mol. The number of nitrogens with zero attached hydrogens (tertiary/aromatic N) is 3. The van der Waals surface area contributed by atoms with Crippen molar-refractivity contribution in [3.8, 4) is 0 Å². The Labute approximate surface area is 208 Å². The number of primary amides is 1. The van der Waals surface area contributed by atoms with Crippen LogP contribution in [0.15, 0.2) is 9.59 Å². The van der Waals surface area contributed by atoms with Gasteiger partial charge in [-0.05, 0) is 52.5 Å². The highest BCUT2D eigenvalue weighted by Gasteiger charge is 2.46. The topological polar surface area (TPSA) is 129 Å². The normalized spacial score (nSPS) is 15.1. The number of aryl methyl sites for hydroxylation is 2. The number of rotatable bonds is 6. The second-order valence-electron chi connectivity index (χ2n) is 9.89. The van der Waals surface area contributed by atoms with Crippen molar-refractivity contribution in [2.45, 2.75) is 90.7 Å². The number of hydrogen-bond acceptors (Lipinski definition) is 6. The summed E-state index contributed by atoms with van der Waals surface area (Å²) in [5.74, 6) is 0. The van der Waals surface area contributed by atoms with E-state index in [1.165, 1.54) is 0 Å². The van der Waals surface area contributed by atoms with Crippen molar-refractivity contribution >= 4 is 33.7 Å². The number of alkyl halides is 3. The number of halogens is 3. The van der Waals surface area contributed by atoms with E-state index < -0.39 is 53.7 Å². The molecule has 0 spiro atoms. The van der Waals surface area contributed by atoms with Gasteiger partial charge in [-0.2, -0.15) is 13.2 Å². The molecule has 0 atom stereocenters. The van der Waals surface area contributed by atoms with Crippen molar-refractivity contribution in [2.24, 2.45) is 5.73 Å². The molecule has 0 radical (unpaired) electrons. The molecule has 3 amide bonds. The summed E-state index contributed by atoms with van der Waals surface area (Å²) in [7, 11) is 0. The minimum absolute atomic E-state index is 0.0755. The largest absolute Gasteiger partial charge is 0.443 e. The first-order valence-electron chi connectivity index (χ1n) is 11.4. The summed E-state index contributed by atoms with van der Waals surface area (Å²) in [5, 5.41) is 0.884. The number of hydrogen-bond donors (Lipinski definition) is 2. The van der Waals surface area contributed by atoms with Gasteiger partial charge in [0, 0.05) is 11.4 Å². The lowest BCUT2D eigenvalue weighted by molar-refractivity contribution is -0.136. The zero-order chi connectivity index (χ0) is 27.2. The van der Waals surface area contributed by atoms with E-state index in [2.05, 4.69) is 5.43 Å². The molecule has 36 heavy (non-hydrogen) atoms. The number of nitrogens with two attached hydrogens (primary N) is 1. The molecule has 3 N–H and O–H groups in total. The SMILES string of the molecule is CCC1(n2c(=O)c3c(C)c(CN(NC(=O)OC(C)(C)C)C(N)=O)sc3n(CCC(F)(F)F)c2=O)CC1. The molecule has 1 aliphatic rings. The predicted molar refractivity (Wildman–Crippen MR) is 128 cm³/mol. The van der Waals surface area contributed by atoms with E-state index in [-0.39, 0.29) is 16.8 Å². The van der Waals surface area contributed by atoms with Gasteiger partial charge in [-0.1, -0.05) is 6.92 Å². The smallest absolute Gasteiger partial charge is 0.426 e. The Kier molecular flexibility index (Phi) is 7.23. The number of ether oxygens (including phenoxy) is 1. The van der Waals surface area contributed by atoms with Crippen LogP contribution in [0.25, 0.3) is 10.2 Å². The van der Waals surface area contributed by atoms with Gasteiger partial charge in [-0.15, -0.1) is 11.3 Å². The molecule has 1 fully saturated rings. The number of carbonyl (C=O) groups is 2. The number of fused-ring (bicyclic) bond motifs is 1. The van der Waals surface area contributed by atoms with Crippen molar-refractivity contribution < 1.29 is 27.5 Å². The van der Waals surface area contributed by atoms with Gasteiger partial charge in [0.15, 0.2) is 0 Å². The minimum atomic E-state index is -4.51. The fraction of sp³-hybridized carbons (Fsp3) is 0.636. The summed E-state index contributed by atoms with van der Waals surface area (Å²) in [6.07, 6.45) is -5.06. The van der Waals surface area contributed by atoms with Gasteiger partial charge < -0.3 is 10.5 Å². The van der Waals surface area contributed by atoms with E-state index in [1.54, 1.807) is 27.7 Å². The van der Waals surface area contributed by atoms with Gasteiger partial charge in [0.05, 0.1) is 23.9 Å². The molecule has 0 aromatic carbocycles. The van der Waals surface area contributed by atoms with Crippen molar-refractivity contribution in [1.29, 1.82) is 0 Å². The monoisotopic (exact) mass is 533 g/mol. The number of aromatic nitrogens is 2. The Morgan fingerprint density at radius 3 is 2.31 bits per heavy atom. The van der Waals surface area contributed by atoms with Crippen LogP contribution < -0.4 is 22.4 Å². The van der Waals surface area contributed by atoms with Crippen molar-refractivity contribution in [3.63, 3.8) is 0 Å². The first-order valence-corrected chi connectivity index (χ1v) is 12.2. The molecule has 2 aromatic heterocycles. The molecule has 0 unspecified atom stereocenters. The van der Waals surface area contributed by atoms with Crippen LogP contribution >= 0.6 is 11.3 Å². The number of thiophene rings is 1. The third-order valence-corrected chi connectivity index (χ3v) is 7.38. The van der Waals surface area contributed by atoms with E-state index in [4.69, 9.17) is 10.5 Å². The highest BCUT2D eigenvalue weighted by Crippen LogP contribution is 2.45. The van der Waals surface area contributed by atoms with Crippen molar-refractivity contribution in [1.82, 2.24) is 19.6 Å². The maximum absolute atomic E-state index is 13.5. The molecular weight excluding hydrogens is 503 g/mol. The predicted octanol–water partition coefficient (Wildman–Crippen LogP) is 3.71. The molecule has 2 heterocycles. The number of nitrogens with one attached hydrogen (secondary N) is 1. The summed E-state index contributed by atoms with van der Waals surface area (Å²) >= 11 is 0.903. The fourth-order valence-electron chi connectivity index (χ4n) is 4.00. The molecule has 0 saturated heterocycles. The molecule has 2 aromatic rings. The van der Waals surface area contributed by atoms with Crippen LogP contribution in [0.3, 0.4) is 0 Å². The molecule has 3 rings (SSSR count). The molecule has 200 valence electrons. The van der Waals surface area contributed by atoms with Gasteiger partial charge in [-0.3, -0.25) is 13.9 Å². The second kappa shape index (κ2) is 9.45. The number of amides is 3. The van der Waals surface area contributed by atoms with Crippen LogP contribution in [-0.4, -0.2) is 38.0 Å². The van der Waals surface area contributed by atoms with Gasteiger partial charge in [0.25, 0.3) is 5.56 Å². The lowest BCUT2D eigenvalue weighted by Crippen LogP contribution is -2.49. The molecule has 0 aliphatic heterocycles. The van der Waals surface area contributed by atoms with Gasteiger partial charge in [0.2, 0.25) is 0 Å². The quantitative estimate of drug-likeness (QED) is 0.547. The standard InChI is InChI=1S/C22H30F3N5O5S/c1-6-21(7-8-21)30-15(31)14-12(2)13(11-29(17(26)32)27-18(33)35-20(3,4)5)36-16(14)28(19(30)34)10-9-22(23,24)25/h6-11H2,1-5H3,(H2,26,32)(H,27,33). The van der Waals surface area contributed by atoms with E-state index in [9.17, 15) is 32.3 Å². The third kappa shape index (κ3) is 5.68. The zero-order valence-electron chi connectivity index (χ0n) is 20.7. The summed E-state index contributed by atoms with van der Waals surface area (Å²) in [5.41, 5.74) is 5.10. The number of carbonyl (C=O) groups excluding carboxylic acids is 2. The molecule has 14 heteroatoms. The zero-order valence-corrected chi connectivity index (χ0v) is 21.6. The van der Waals surface area contributed by atoms with E-state index in [0.717, 1.165) is 25.5 Å². The summed E-state index contributed by atoms with van der Waals surface area (Å²) in [6.45, 7) is 7.35. The first-order chi connectivity index (χ1) is 16.5. The molecule has 10 nitrogen and oxygen atoms in total. The summed E-state index contributed by atoms with van der Waals surface area (Å²) in [4.78, 5) is 51.4. The number of hydrazine groups is 1. The van der Waals surface area contributed by atoms with Crippen LogP contribution in [-0.2, 0) is 23.4 Å². The van der Waals surface area contributed by atoms with Crippen LogP contribution in [0.4, 0.5) is 22.8 Å². The first kappa shape index (κ1) is 27.6. The molecule has 1 saturated carbocycles. The minimum Gasteiger partial charge on any atom is -0.443 e. The van der Waals surface area contributed by atoms with E-state index >= 15 is 0 Å². The van der Waals surface area contributed by atoms with Crippen LogP contribution in [0.2, 0.25) is 0 Å². The molecule has 0 bridgehead atoms. The van der Waals surface area contributed by atoms with Gasteiger partial charge in [0.1, 0.15) is 10.4 Å². The van der Waals surface area contributed by atoms with Crippen molar-refractivity contribution in [2.75, 3.05) is 0 Å². The van der Waals surface area contributed by atoms with E-state index in [1.807, 2.05) is 6.92 Å². The number of urea groups is 1. The average Bonchev–Trinajstić information content (AvgIpc) is 3.43. The van der Waals surface area contributed by atoms with E-state index in [0.29, 0.717) is 29.7 Å². The van der Waals surface area contributed by atoms with Crippen LogP contribution in [0.1, 0.15) is 63.8 Å². The Hall–Kier alpha value is -3.03. The highest BCUT2D eigenvalue weighted by atomic mass is 32.1. The lowest BCUT2D eigenvalue weighted by Gasteiger charge is -2.24. The highest BCUT2D eigenvalue weighted by molar-refractivity contribution is 7.18. The maximum Gasteiger partial charge on any atom is 0.426 e. The van der Waals surface area contributed by atoms with Gasteiger partial charge >= 0.3 is 24.0 Å². The fourth-order valence-corrected chi connectivity index (χ4v) is 5.31. The Morgan fingerprint density at radius 1 is 1.22 bits per heavy atom. The lowest BCUT2D eigenvalue weighted by atomic mass is 10.1. The Morgan fingerprint density at radius 2 is 1.83 bits per heavy atom. The maximum atomic E-state index is 13.5. The molecular formula is C22H30F3N5O5S. The molecule has 1 aliphatic carbocycles.